The third kappa shape index (κ3) is 5.54. The predicted molar refractivity (Wildman–Crippen MR) is 109 cm³/mol. The van der Waals surface area contributed by atoms with E-state index in [1.165, 1.54) is 5.56 Å². The van der Waals surface area contributed by atoms with Crippen LogP contribution in [0.2, 0.25) is 0 Å². The van der Waals surface area contributed by atoms with E-state index in [9.17, 15) is 0 Å². The standard InChI is InChI=1S/C21H29N3O3/c1-6-22-21(24(2)15-16-10-12-18(25-3)13-11-16)23-14-17-8-7-9-19(26-4)20(17)27-5/h7-13H,6,14-15H2,1-5H3,(H,22,23). The Morgan fingerprint density at radius 1 is 1.00 bits per heavy atom. The van der Waals surface area contributed by atoms with Crippen molar-refractivity contribution in [3.05, 3.63) is 53.6 Å². The van der Waals surface area contributed by atoms with Crippen molar-refractivity contribution in [1.29, 1.82) is 0 Å². The third-order valence-corrected chi connectivity index (χ3v) is 4.16. The smallest absolute Gasteiger partial charge is 0.194 e. The second-order valence-corrected chi connectivity index (χ2v) is 6.03. The van der Waals surface area contributed by atoms with Gasteiger partial charge in [0.1, 0.15) is 5.75 Å². The maximum absolute atomic E-state index is 5.50. The summed E-state index contributed by atoms with van der Waals surface area (Å²) in [6, 6.07) is 13.9. The Labute approximate surface area is 161 Å². The van der Waals surface area contributed by atoms with Gasteiger partial charge in [0, 0.05) is 25.7 Å². The summed E-state index contributed by atoms with van der Waals surface area (Å²) >= 11 is 0. The molecule has 0 atom stereocenters. The van der Waals surface area contributed by atoms with E-state index in [4.69, 9.17) is 19.2 Å². The first kappa shape index (κ1) is 20.4. The van der Waals surface area contributed by atoms with Crippen LogP contribution in [0.25, 0.3) is 0 Å². The molecule has 0 unspecified atom stereocenters. The van der Waals surface area contributed by atoms with Crippen LogP contribution >= 0.6 is 0 Å². The van der Waals surface area contributed by atoms with E-state index < -0.39 is 0 Å². The number of hydrogen-bond donors (Lipinski definition) is 1. The second kappa shape index (κ2) is 10.3. The quantitative estimate of drug-likeness (QED) is 0.570. The molecule has 2 aromatic carbocycles. The lowest BCUT2D eigenvalue weighted by molar-refractivity contribution is 0.351. The molecule has 0 radical (unpaired) electrons. The van der Waals surface area contributed by atoms with Crippen LogP contribution < -0.4 is 19.5 Å². The first-order valence-electron chi connectivity index (χ1n) is 8.95. The predicted octanol–water partition coefficient (Wildman–Crippen LogP) is 3.31. The van der Waals surface area contributed by atoms with Gasteiger partial charge in [-0.3, -0.25) is 0 Å². The minimum Gasteiger partial charge on any atom is -0.497 e. The van der Waals surface area contributed by atoms with Gasteiger partial charge < -0.3 is 24.4 Å². The van der Waals surface area contributed by atoms with Gasteiger partial charge in [0.15, 0.2) is 17.5 Å². The summed E-state index contributed by atoms with van der Waals surface area (Å²) in [5.74, 6) is 3.12. The van der Waals surface area contributed by atoms with Gasteiger partial charge in [-0.25, -0.2) is 4.99 Å². The van der Waals surface area contributed by atoms with E-state index in [2.05, 4.69) is 29.3 Å². The average molecular weight is 371 g/mol. The van der Waals surface area contributed by atoms with Crippen molar-refractivity contribution in [2.75, 3.05) is 34.9 Å². The van der Waals surface area contributed by atoms with Crippen LogP contribution in [0.3, 0.4) is 0 Å². The van der Waals surface area contributed by atoms with Gasteiger partial charge in [0.2, 0.25) is 0 Å². The van der Waals surface area contributed by atoms with E-state index >= 15 is 0 Å². The molecule has 0 aliphatic carbocycles. The third-order valence-electron chi connectivity index (χ3n) is 4.16. The number of aliphatic imine (C=N–C) groups is 1. The van der Waals surface area contributed by atoms with Gasteiger partial charge in [-0.1, -0.05) is 24.3 Å². The zero-order valence-corrected chi connectivity index (χ0v) is 16.8. The van der Waals surface area contributed by atoms with Crippen molar-refractivity contribution < 1.29 is 14.2 Å². The molecule has 1 N–H and O–H groups in total. The van der Waals surface area contributed by atoms with Gasteiger partial charge in [0.05, 0.1) is 27.9 Å². The summed E-state index contributed by atoms with van der Waals surface area (Å²) < 4.78 is 16.1. The number of guanidine groups is 1. The van der Waals surface area contributed by atoms with Crippen LogP contribution in [0.4, 0.5) is 0 Å². The highest BCUT2D eigenvalue weighted by Gasteiger charge is 2.11. The second-order valence-electron chi connectivity index (χ2n) is 6.03. The fourth-order valence-corrected chi connectivity index (χ4v) is 2.79. The molecule has 0 aliphatic rings. The molecular weight excluding hydrogens is 342 g/mol. The molecule has 0 spiro atoms. The topological polar surface area (TPSA) is 55.3 Å². The Balaban J connectivity index is 2.15. The molecule has 0 heterocycles. The van der Waals surface area contributed by atoms with E-state index in [-0.39, 0.29) is 0 Å². The summed E-state index contributed by atoms with van der Waals surface area (Å²) in [6.07, 6.45) is 0. The fraction of sp³-hybridized carbons (Fsp3) is 0.381. The molecule has 0 saturated heterocycles. The molecule has 0 fully saturated rings. The van der Waals surface area contributed by atoms with Crippen LogP contribution in [0.1, 0.15) is 18.1 Å². The van der Waals surface area contributed by atoms with Crippen LogP contribution in [0, 0.1) is 0 Å². The van der Waals surface area contributed by atoms with Crippen molar-refractivity contribution in [2.24, 2.45) is 4.99 Å². The van der Waals surface area contributed by atoms with E-state index in [0.29, 0.717) is 12.3 Å². The number of nitrogens with one attached hydrogen (secondary N) is 1. The van der Waals surface area contributed by atoms with Crippen LogP contribution in [-0.2, 0) is 13.1 Å². The maximum atomic E-state index is 5.50. The Hall–Kier alpha value is -2.89. The normalized spacial score (nSPS) is 11.1. The number of ether oxygens (including phenoxy) is 3. The van der Waals surface area contributed by atoms with Crippen LogP contribution in [0.5, 0.6) is 17.2 Å². The SMILES string of the molecule is CCNC(=NCc1cccc(OC)c1OC)N(C)Cc1ccc(OC)cc1. The molecule has 146 valence electrons. The number of hydrogen-bond acceptors (Lipinski definition) is 4. The highest BCUT2D eigenvalue weighted by Crippen LogP contribution is 2.31. The minimum absolute atomic E-state index is 0.496. The van der Waals surface area contributed by atoms with Crippen LogP contribution in [-0.4, -0.2) is 45.8 Å². The Morgan fingerprint density at radius 3 is 2.33 bits per heavy atom. The van der Waals surface area contributed by atoms with Gasteiger partial charge in [0.25, 0.3) is 0 Å². The number of methoxy groups -OCH3 is 3. The fourth-order valence-electron chi connectivity index (χ4n) is 2.79. The van der Waals surface area contributed by atoms with Crippen molar-refractivity contribution in [3.63, 3.8) is 0 Å². The Morgan fingerprint density at radius 2 is 1.74 bits per heavy atom. The van der Waals surface area contributed by atoms with Gasteiger partial charge >= 0.3 is 0 Å². The summed E-state index contributed by atoms with van der Waals surface area (Å²) in [4.78, 5) is 6.86. The molecule has 6 nitrogen and oxygen atoms in total. The molecule has 6 heteroatoms. The van der Waals surface area contributed by atoms with Crippen molar-refractivity contribution in [1.82, 2.24) is 10.2 Å². The first-order chi connectivity index (χ1) is 13.1. The summed E-state index contributed by atoms with van der Waals surface area (Å²) in [7, 11) is 6.97. The molecular formula is C21H29N3O3. The summed E-state index contributed by atoms with van der Waals surface area (Å²) in [5.41, 5.74) is 2.16. The Bertz CT molecular complexity index is 745. The lowest BCUT2D eigenvalue weighted by atomic mass is 10.2. The first-order valence-corrected chi connectivity index (χ1v) is 8.95. The van der Waals surface area contributed by atoms with E-state index in [1.807, 2.05) is 37.4 Å². The molecule has 2 aromatic rings. The zero-order chi connectivity index (χ0) is 19.6. The van der Waals surface area contributed by atoms with Crippen LogP contribution in [0.15, 0.2) is 47.5 Å². The number of para-hydroxylation sites is 1. The maximum Gasteiger partial charge on any atom is 0.194 e. The molecule has 0 bridgehead atoms. The monoisotopic (exact) mass is 371 g/mol. The lowest BCUT2D eigenvalue weighted by Gasteiger charge is -2.22. The van der Waals surface area contributed by atoms with Gasteiger partial charge in [-0.15, -0.1) is 0 Å². The highest BCUT2D eigenvalue weighted by molar-refractivity contribution is 5.79. The zero-order valence-electron chi connectivity index (χ0n) is 16.8. The van der Waals surface area contributed by atoms with Crippen molar-refractivity contribution in [2.45, 2.75) is 20.0 Å². The molecule has 0 aliphatic heterocycles. The van der Waals surface area contributed by atoms with Crippen molar-refractivity contribution >= 4 is 5.96 Å². The number of rotatable bonds is 8. The molecule has 2 rings (SSSR count). The van der Waals surface area contributed by atoms with Crippen molar-refractivity contribution in [3.8, 4) is 17.2 Å². The molecule has 0 saturated carbocycles. The van der Waals surface area contributed by atoms with Gasteiger partial charge in [-0.2, -0.15) is 0 Å². The lowest BCUT2D eigenvalue weighted by Crippen LogP contribution is -2.38. The Kier molecular flexibility index (Phi) is 7.79. The average Bonchev–Trinajstić information content (AvgIpc) is 2.71. The largest absolute Gasteiger partial charge is 0.497 e. The molecule has 0 amide bonds. The summed E-state index contributed by atoms with van der Waals surface area (Å²) in [5, 5.41) is 3.34. The summed E-state index contributed by atoms with van der Waals surface area (Å²) in [6.45, 7) is 4.09. The number of benzene rings is 2. The van der Waals surface area contributed by atoms with Gasteiger partial charge in [-0.05, 0) is 30.7 Å². The van der Waals surface area contributed by atoms with E-state index in [1.54, 1.807) is 21.3 Å². The number of nitrogens with zero attached hydrogens (tertiary/aromatic N) is 2. The van der Waals surface area contributed by atoms with E-state index in [0.717, 1.165) is 36.1 Å². The minimum atomic E-state index is 0.496. The highest BCUT2D eigenvalue weighted by atomic mass is 16.5. The molecule has 0 aromatic heterocycles. The molecule has 27 heavy (non-hydrogen) atoms.